The molecule has 28 heavy (non-hydrogen) atoms. The lowest BCUT2D eigenvalue weighted by Crippen LogP contribution is -2.38. The first-order valence-corrected chi connectivity index (χ1v) is 9.52. The minimum absolute atomic E-state index is 0.00109. The maximum Gasteiger partial charge on any atom is 0.340 e. The summed E-state index contributed by atoms with van der Waals surface area (Å²) in [5.74, 6) is -0.844. The summed E-state index contributed by atoms with van der Waals surface area (Å²) < 4.78 is 5.33. The highest BCUT2D eigenvalue weighted by Gasteiger charge is 2.31. The third-order valence-corrected chi connectivity index (χ3v) is 5.29. The number of anilines is 2. The Bertz CT molecular complexity index is 940. The SMILES string of the molecule is C[C@@H]1Cc2ccccc2N1C(=O)COC(=O)c1ccccc1N1CCCC1=O. The van der Waals surface area contributed by atoms with Gasteiger partial charge in [0.25, 0.3) is 5.91 Å². The van der Waals surface area contributed by atoms with Crippen molar-refractivity contribution in [1.82, 2.24) is 0 Å². The van der Waals surface area contributed by atoms with Gasteiger partial charge in [0, 0.05) is 24.7 Å². The lowest BCUT2D eigenvalue weighted by molar-refractivity contribution is -0.122. The summed E-state index contributed by atoms with van der Waals surface area (Å²) in [6.07, 6.45) is 2.04. The Morgan fingerprint density at radius 2 is 1.79 bits per heavy atom. The van der Waals surface area contributed by atoms with Gasteiger partial charge in [-0.3, -0.25) is 9.59 Å². The van der Waals surface area contributed by atoms with Crippen molar-refractivity contribution in [3.05, 3.63) is 59.7 Å². The van der Waals surface area contributed by atoms with E-state index in [4.69, 9.17) is 4.74 Å². The van der Waals surface area contributed by atoms with Crippen molar-refractivity contribution in [2.24, 2.45) is 0 Å². The van der Waals surface area contributed by atoms with Crippen LogP contribution < -0.4 is 9.80 Å². The molecule has 2 aliphatic rings. The molecule has 0 bridgehead atoms. The van der Waals surface area contributed by atoms with Crippen LogP contribution in [0.2, 0.25) is 0 Å². The van der Waals surface area contributed by atoms with Gasteiger partial charge in [-0.1, -0.05) is 30.3 Å². The van der Waals surface area contributed by atoms with Crippen LogP contribution in [0.25, 0.3) is 0 Å². The van der Waals surface area contributed by atoms with E-state index < -0.39 is 5.97 Å². The minimum Gasteiger partial charge on any atom is -0.452 e. The van der Waals surface area contributed by atoms with E-state index in [0.29, 0.717) is 24.2 Å². The van der Waals surface area contributed by atoms with Gasteiger partial charge in [-0.15, -0.1) is 0 Å². The zero-order valence-electron chi connectivity index (χ0n) is 15.8. The predicted molar refractivity (Wildman–Crippen MR) is 105 cm³/mol. The molecule has 0 N–H and O–H groups in total. The number of para-hydroxylation sites is 2. The first-order chi connectivity index (χ1) is 13.6. The molecular weight excluding hydrogens is 356 g/mol. The van der Waals surface area contributed by atoms with Crippen molar-refractivity contribution in [2.45, 2.75) is 32.2 Å². The van der Waals surface area contributed by atoms with Gasteiger partial charge in [0.05, 0.1) is 11.3 Å². The predicted octanol–water partition coefficient (Wildman–Crippen LogP) is 2.95. The molecule has 0 spiro atoms. The van der Waals surface area contributed by atoms with Crippen molar-refractivity contribution in [3.8, 4) is 0 Å². The number of nitrogens with zero attached hydrogens (tertiary/aromatic N) is 2. The van der Waals surface area contributed by atoms with E-state index in [2.05, 4.69) is 0 Å². The molecule has 4 rings (SSSR count). The smallest absolute Gasteiger partial charge is 0.340 e. The molecule has 2 aromatic carbocycles. The van der Waals surface area contributed by atoms with E-state index >= 15 is 0 Å². The summed E-state index contributed by atoms with van der Waals surface area (Å²) in [6.45, 7) is 2.23. The van der Waals surface area contributed by atoms with Gasteiger partial charge < -0.3 is 14.5 Å². The third-order valence-electron chi connectivity index (χ3n) is 5.29. The quantitative estimate of drug-likeness (QED) is 0.767. The summed E-state index contributed by atoms with van der Waals surface area (Å²) in [5, 5.41) is 0. The van der Waals surface area contributed by atoms with Crippen LogP contribution in [-0.4, -0.2) is 37.0 Å². The number of carbonyl (C=O) groups excluding carboxylic acids is 3. The molecule has 1 atom stereocenters. The van der Waals surface area contributed by atoms with Gasteiger partial charge in [0.2, 0.25) is 5.91 Å². The van der Waals surface area contributed by atoms with E-state index in [1.165, 1.54) is 0 Å². The summed E-state index contributed by atoms with van der Waals surface area (Å²) in [4.78, 5) is 40.7. The van der Waals surface area contributed by atoms with Gasteiger partial charge in [-0.2, -0.15) is 0 Å². The van der Waals surface area contributed by atoms with Crippen molar-refractivity contribution in [1.29, 1.82) is 0 Å². The number of hydrogen-bond donors (Lipinski definition) is 0. The molecular formula is C22H22N2O4. The molecule has 0 saturated carbocycles. The minimum atomic E-state index is -0.594. The molecule has 1 fully saturated rings. The first-order valence-electron chi connectivity index (χ1n) is 9.52. The van der Waals surface area contributed by atoms with Gasteiger partial charge in [0.1, 0.15) is 0 Å². The summed E-state index contributed by atoms with van der Waals surface area (Å²) in [6, 6.07) is 14.7. The highest BCUT2D eigenvalue weighted by Crippen LogP contribution is 2.32. The number of hydrogen-bond acceptors (Lipinski definition) is 4. The fourth-order valence-electron chi connectivity index (χ4n) is 4.00. The van der Waals surface area contributed by atoms with Crippen LogP contribution in [0.15, 0.2) is 48.5 Å². The second-order valence-corrected chi connectivity index (χ2v) is 7.19. The third kappa shape index (κ3) is 3.26. The molecule has 0 unspecified atom stereocenters. The van der Waals surface area contributed by atoms with Crippen LogP contribution in [0.5, 0.6) is 0 Å². The number of amides is 2. The Hall–Kier alpha value is -3.15. The zero-order valence-corrected chi connectivity index (χ0v) is 15.8. The molecule has 6 nitrogen and oxygen atoms in total. The zero-order chi connectivity index (χ0) is 19.7. The van der Waals surface area contributed by atoms with Crippen molar-refractivity contribution in [3.63, 3.8) is 0 Å². The molecule has 2 aromatic rings. The summed E-state index contributed by atoms with van der Waals surface area (Å²) >= 11 is 0. The average Bonchev–Trinajstić information content (AvgIpc) is 3.27. The molecule has 0 radical (unpaired) electrons. The molecule has 0 aliphatic carbocycles. The van der Waals surface area contributed by atoms with Crippen LogP contribution in [0.4, 0.5) is 11.4 Å². The molecule has 0 aromatic heterocycles. The fourth-order valence-corrected chi connectivity index (χ4v) is 4.00. The van der Waals surface area contributed by atoms with Gasteiger partial charge >= 0.3 is 5.97 Å². The van der Waals surface area contributed by atoms with Gasteiger partial charge in [0.15, 0.2) is 6.61 Å². The van der Waals surface area contributed by atoms with Gasteiger partial charge in [-0.25, -0.2) is 4.79 Å². The maximum absolute atomic E-state index is 12.7. The van der Waals surface area contributed by atoms with Crippen LogP contribution >= 0.6 is 0 Å². The normalized spacial score (nSPS) is 18.3. The highest BCUT2D eigenvalue weighted by molar-refractivity contribution is 6.04. The first kappa shape index (κ1) is 18.2. The lowest BCUT2D eigenvalue weighted by Gasteiger charge is -2.23. The number of rotatable bonds is 4. The number of benzene rings is 2. The number of ether oxygens (including phenoxy) is 1. The molecule has 2 aliphatic heterocycles. The van der Waals surface area contributed by atoms with Crippen LogP contribution in [0.1, 0.15) is 35.7 Å². The second kappa shape index (κ2) is 7.46. The largest absolute Gasteiger partial charge is 0.452 e. The Balaban J connectivity index is 1.47. The Kier molecular flexibility index (Phi) is 4.86. The molecule has 144 valence electrons. The Morgan fingerprint density at radius 1 is 1.07 bits per heavy atom. The fraction of sp³-hybridized carbons (Fsp3) is 0.318. The van der Waals surface area contributed by atoms with Gasteiger partial charge in [-0.05, 0) is 43.5 Å². The Labute approximate surface area is 163 Å². The highest BCUT2D eigenvalue weighted by atomic mass is 16.5. The number of fused-ring (bicyclic) bond motifs is 1. The second-order valence-electron chi connectivity index (χ2n) is 7.19. The van der Waals surface area contributed by atoms with E-state index in [1.807, 2.05) is 31.2 Å². The molecule has 2 amide bonds. The average molecular weight is 378 g/mol. The summed E-state index contributed by atoms with van der Waals surface area (Å²) in [5.41, 5.74) is 2.84. The topological polar surface area (TPSA) is 66.9 Å². The van der Waals surface area contributed by atoms with E-state index in [-0.39, 0.29) is 24.5 Å². The maximum atomic E-state index is 12.7. The number of carbonyl (C=O) groups is 3. The summed E-state index contributed by atoms with van der Waals surface area (Å²) in [7, 11) is 0. The number of esters is 1. The van der Waals surface area contributed by atoms with E-state index in [9.17, 15) is 14.4 Å². The molecule has 6 heteroatoms. The Morgan fingerprint density at radius 3 is 2.54 bits per heavy atom. The van der Waals surface area contributed by atoms with E-state index in [0.717, 1.165) is 24.1 Å². The van der Waals surface area contributed by atoms with Crippen molar-refractivity contribution >= 4 is 29.2 Å². The van der Waals surface area contributed by atoms with Crippen molar-refractivity contribution < 1.29 is 19.1 Å². The van der Waals surface area contributed by atoms with Crippen LogP contribution in [0, 0.1) is 0 Å². The van der Waals surface area contributed by atoms with Crippen LogP contribution in [0.3, 0.4) is 0 Å². The van der Waals surface area contributed by atoms with Crippen LogP contribution in [-0.2, 0) is 20.7 Å². The standard InChI is InChI=1S/C22H22N2O4/c1-15-13-16-7-2-4-9-18(16)24(15)21(26)14-28-22(27)17-8-3-5-10-19(17)23-12-6-11-20(23)25/h2-5,7-10,15H,6,11-14H2,1H3/t15-/m1/s1. The molecule has 1 saturated heterocycles. The van der Waals surface area contributed by atoms with Crippen molar-refractivity contribution in [2.75, 3.05) is 23.0 Å². The monoisotopic (exact) mass is 378 g/mol. The van der Waals surface area contributed by atoms with E-state index in [1.54, 1.807) is 34.1 Å². The lowest BCUT2D eigenvalue weighted by atomic mass is 10.1. The molecule has 2 heterocycles.